The molecule has 0 bridgehead atoms. The van der Waals surface area contributed by atoms with E-state index in [0.717, 1.165) is 0 Å². The molecule has 0 aromatic rings. The Morgan fingerprint density at radius 2 is 1.89 bits per heavy atom. The number of aliphatic carboxylic acids is 1. The van der Waals surface area contributed by atoms with Gasteiger partial charge in [-0.15, -0.1) is 0 Å². The molecule has 1 fully saturated rings. The Morgan fingerprint density at radius 3 is 2.21 bits per heavy atom. The van der Waals surface area contributed by atoms with Crippen molar-refractivity contribution in [3.05, 3.63) is 0 Å². The molecule has 0 radical (unpaired) electrons. The van der Waals surface area contributed by atoms with Crippen molar-refractivity contribution in [3.8, 4) is 0 Å². The molecule has 1 aliphatic rings. The molecule has 1 aliphatic heterocycles. The molecule has 1 rings (SSSR count). The first-order valence-corrected chi connectivity index (χ1v) is 8.10. The van der Waals surface area contributed by atoms with E-state index >= 15 is 0 Å². The van der Waals surface area contributed by atoms with Gasteiger partial charge >= 0.3 is 5.97 Å². The number of carboxylic acids is 1. The van der Waals surface area contributed by atoms with Gasteiger partial charge in [-0.1, -0.05) is 27.7 Å². The smallest absolute Gasteiger partial charge is 0.311 e. The van der Waals surface area contributed by atoms with E-state index in [2.05, 4.69) is 0 Å². The lowest BCUT2D eigenvalue weighted by atomic mass is 9.77. The Kier molecular flexibility index (Phi) is 4.97. The van der Waals surface area contributed by atoms with Crippen molar-refractivity contribution < 1.29 is 18.3 Å². The molecule has 112 valence electrons. The first kappa shape index (κ1) is 16.4. The van der Waals surface area contributed by atoms with Gasteiger partial charge in [0.05, 0.1) is 5.41 Å². The third-order valence-corrected chi connectivity index (χ3v) is 6.29. The Bertz CT molecular complexity index is 431. The van der Waals surface area contributed by atoms with Gasteiger partial charge in [0.25, 0.3) is 10.2 Å². The van der Waals surface area contributed by atoms with Crippen molar-refractivity contribution in [2.75, 3.05) is 26.2 Å². The highest BCUT2D eigenvalue weighted by Crippen LogP contribution is 2.39. The van der Waals surface area contributed by atoms with Gasteiger partial charge in [0.1, 0.15) is 0 Å². The Morgan fingerprint density at radius 1 is 1.37 bits per heavy atom. The lowest BCUT2D eigenvalue weighted by Crippen LogP contribution is -2.45. The number of hydrogen-bond acceptors (Lipinski definition) is 3. The second-order valence-corrected chi connectivity index (χ2v) is 7.22. The number of carbonyl (C=O) groups is 1. The fraction of sp³-hybridized carbons (Fsp3) is 0.917. The molecule has 0 saturated carbocycles. The number of nitrogens with zero attached hydrogens (tertiary/aromatic N) is 2. The van der Waals surface area contributed by atoms with E-state index in [1.165, 1.54) is 8.61 Å². The fourth-order valence-electron chi connectivity index (χ4n) is 2.60. The highest BCUT2D eigenvalue weighted by molar-refractivity contribution is 7.86. The number of rotatable bonds is 6. The number of hydrogen-bond donors (Lipinski definition) is 1. The van der Waals surface area contributed by atoms with Crippen molar-refractivity contribution in [3.63, 3.8) is 0 Å². The van der Waals surface area contributed by atoms with Crippen molar-refractivity contribution in [2.45, 2.75) is 34.1 Å². The molecule has 7 heteroatoms. The van der Waals surface area contributed by atoms with Crippen molar-refractivity contribution in [1.82, 2.24) is 8.61 Å². The molecule has 1 N–H and O–H groups in total. The summed E-state index contributed by atoms with van der Waals surface area (Å²) in [5.74, 6) is -0.998. The summed E-state index contributed by atoms with van der Waals surface area (Å²) in [5.41, 5.74) is -0.958. The molecule has 0 aromatic heterocycles. The van der Waals surface area contributed by atoms with Crippen LogP contribution >= 0.6 is 0 Å². The van der Waals surface area contributed by atoms with Gasteiger partial charge in [-0.2, -0.15) is 17.0 Å². The maximum absolute atomic E-state index is 12.4. The van der Waals surface area contributed by atoms with Crippen LogP contribution in [-0.4, -0.2) is 54.3 Å². The molecule has 19 heavy (non-hydrogen) atoms. The van der Waals surface area contributed by atoms with Gasteiger partial charge in [0.2, 0.25) is 0 Å². The third kappa shape index (κ3) is 2.78. The molecule has 0 aliphatic carbocycles. The minimum Gasteiger partial charge on any atom is -0.481 e. The summed E-state index contributed by atoms with van der Waals surface area (Å²) < 4.78 is 27.5. The zero-order valence-electron chi connectivity index (χ0n) is 12.1. The van der Waals surface area contributed by atoms with E-state index in [1.54, 1.807) is 13.8 Å². The van der Waals surface area contributed by atoms with E-state index in [9.17, 15) is 18.3 Å². The zero-order valence-corrected chi connectivity index (χ0v) is 12.9. The van der Waals surface area contributed by atoms with Crippen LogP contribution in [0.1, 0.15) is 34.1 Å². The molecule has 1 unspecified atom stereocenters. The molecule has 0 spiro atoms. The van der Waals surface area contributed by atoms with Crippen LogP contribution in [0.15, 0.2) is 0 Å². The van der Waals surface area contributed by atoms with Gasteiger partial charge in [-0.05, 0) is 12.3 Å². The van der Waals surface area contributed by atoms with Crippen LogP contribution in [0, 0.1) is 11.3 Å². The summed E-state index contributed by atoms with van der Waals surface area (Å²) >= 11 is 0. The SMILES string of the molecule is CCN(CC)S(=O)(=O)N1CCC(C(=O)O)(C(C)C)C1. The first-order valence-electron chi connectivity index (χ1n) is 6.71. The predicted molar refractivity (Wildman–Crippen MR) is 72.9 cm³/mol. The molecule has 1 saturated heterocycles. The minimum atomic E-state index is -3.54. The van der Waals surface area contributed by atoms with Gasteiger partial charge in [0.15, 0.2) is 0 Å². The largest absolute Gasteiger partial charge is 0.481 e. The quantitative estimate of drug-likeness (QED) is 0.792. The summed E-state index contributed by atoms with van der Waals surface area (Å²) in [7, 11) is -3.54. The monoisotopic (exact) mass is 292 g/mol. The Labute approximate surface area is 115 Å². The lowest BCUT2D eigenvalue weighted by Gasteiger charge is -2.30. The summed E-state index contributed by atoms with van der Waals surface area (Å²) in [6, 6.07) is 0. The topological polar surface area (TPSA) is 77.9 Å². The van der Waals surface area contributed by atoms with Gasteiger partial charge < -0.3 is 5.11 Å². The standard InChI is InChI=1S/C12H24N2O4S/c1-5-13(6-2)19(17,18)14-8-7-12(9-14,10(3)4)11(15)16/h10H,5-9H2,1-4H3,(H,15,16). The molecule has 1 atom stereocenters. The van der Waals surface area contributed by atoms with E-state index in [1.807, 2.05) is 13.8 Å². The lowest BCUT2D eigenvalue weighted by molar-refractivity contribution is -0.150. The van der Waals surface area contributed by atoms with Gasteiger partial charge in [0, 0.05) is 26.2 Å². The highest BCUT2D eigenvalue weighted by Gasteiger charge is 2.50. The van der Waals surface area contributed by atoms with Crippen molar-refractivity contribution in [2.24, 2.45) is 11.3 Å². The van der Waals surface area contributed by atoms with Crippen LogP contribution in [0.3, 0.4) is 0 Å². The summed E-state index contributed by atoms with van der Waals surface area (Å²) in [6.07, 6.45) is 0.375. The van der Waals surface area contributed by atoms with Gasteiger partial charge in [-0.3, -0.25) is 4.79 Å². The normalized spacial score (nSPS) is 25.4. The zero-order chi connectivity index (χ0) is 14.8. The average Bonchev–Trinajstić information content (AvgIpc) is 2.76. The van der Waals surface area contributed by atoms with Crippen LogP contribution in [0.25, 0.3) is 0 Å². The van der Waals surface area contributed by atoms with Crippen LogP contribution in [0.4, 0.5) is 0 Å². The molecule has 1 heterocycles. The van der Waals surface area contributed by atoms with E-state index in [0.29, 0.717) is 19.5 Å². The molecule has 6 nitrogen and oxygen atoms in total. The second kappa shape index (κ2) is 5.76. The maximum Gasteiger partial charge on any atom is 0.311 e. The molecular weight excluding hydrogens is 268 g/mol. The summed E-state index contributed by atoms with van der Waals surface area (Å²) in [6.45, 7) is 8.38. The first-order chi connectivity index (χ1) is 8.72. The Hall–Kier alpha value is -0.660. The summed E-state index contributed by atoms with van der Waals surface area (Å²) in [4.78, 5) is 11.5. The van der Waals surface area contributed by atoms with Crippen LogP contribution < -0.4 is 0 Å². The molecule has 0 aromatic carbocycles. The molecule has 0 amide bonds. The van der Waals surface area contributed by atoms with Gasteiger partial charge in [-0.25, -0.2) is 0 Å². The molecular formula is C12H24N2O4S. The summed E-state index contributed by atoms with van der Waals surface area (Å²) in [5, 5.41) is 9.44. The van der Waals surface area contributed by atoms with Crippen LogP contribution in [0.2, 0.25) is 0 Å². The van der Waals surface area contributed by atoms with Crippen molar-refractivity contribution >= 4 is 16.2 Å². The van der Waals surface area contributed by atoms with Crippen LogP contribution in [0.5, 0.6) is 0 Å². The number of carboxylic acid groups (broad SMARTS) is 1. The van der Waals surface area contributed by atoms with E-state index in [4.69, 9.17) is 0 Å². The highest BCUT2D eigenvalue weighted by atomic mass is 32.2. The third-order valence-electron chi connectivity index (χ3n) is 4.15. The second-order valence-electron chi connectivity index (χ2n) is 5.29. The maximum atomic E-state index is 12.4. The predicted octanol–water partition coefficient (Wildman–Crippen LogP) is 1.01. The van der Waals surface area contributed by atoms with E-state index < -0.39 is 21.6 Å². The average molecular weight is 292 g/mol. The Balaban J connectivity index is 3.00. The van der Waals surface area contributed by atoms with E-state index in [-0.39, 0.29) is 19.0 Å². The fourth-order valence-corrected chi connectivity index (χ4v) is 4.29. The minimum absolute atomic E-state index is 0.0683. The van der Waals surface area contributed by atoms with Crippen molar-refractivity contribution in [1.29, 1.82) is 0 Å². The van der Waals surface area contributed by atoms with Crippen LogP contribution in [-0.2, 0) is 15.0 Å².